The Morgan fingerprint density at radius 1 is 0.893 bits per heavy atom. The molecule has 0 atom stereocenters. The van der Waals surface area contributed by atoms with Gasteiger partial charge in [-0.3, -0.25) is 19.4 Å². The van der Waals surface area contributed by atoms with Crippen molar-refractivity contribution in [2.24, 2.45) is 0 Å². The summed E-state index contributed by atoms with van der Waals surface area (Å²) >= 11 is 1.79. The van der Waals surface area contributed by atoms with E-state index in [4.69, 9.17) is 4.42 Å². The lowest BCUT2D eigenvalue weighted by atomic mass is 10.2. The van der Waals surface area contributed by atoms with Gasteiger partial charge in [0.25, 0.3) is 5.91 Å². The fraction of sp³-hybridized carbons (Fsp3) is 0.500. The lowest BCUT2D eigenvalue weighted by molar-refractivity contribution is -0.134. The van der Waals surface area contributed by atoms with Crippen molar-refractivity contribution in [3.63, 3.8) is 0 Å². The summed E-state index contributed by atoms with van der Waals surface area (Å²) in [4.78, 5) is 34.7. The summed E-state index contributed by atoms with van der Waals surface area (Å²) in [5, 5.41) is 2.11. The Bertz CT molecular complexity index is 761. The normalized spacial score (nSPS) is 19.1. The van der Waals surface area contributed by atoms with Crippen LogP contribution in [0, 0.1) is 0 Å². The van der Waals surface area contributed by atoms with Crippen molar-refractivity contribution in [1.82, 2.24) is 19.6 Å². The molecule has 0 N–H and O–H groups in total. The van der Waals surface area contributed by atoms with Crippen molar-refractivity contribution in [2.75, 3.05) is 58.9 Å². The highest BCUT2D eigenvalue weighted by atomic mass is 32.1. The Labute approximate surface area is 169 Å². The second-order valence-electron chi connectivity index (χ2n) is 7.28. The lowest BCUT2D eigenvalue weighted by Gasteiger charge is -2.37. The van der Waals surface area contributed by atoms with E-state index < -0.39 is 0 Å². The molecule has 8 heteroatoms. The third-order valence-corrected chi connectivity index (χ3v) is 6.30. The predicted octanol–water partition coefficient (Wildman–Crippen LogP) is 1.44. The lowest BCUT2D eigenvalue weighted by Crippen LogP contribution is -2.54. The molecule has 4 rings (SSSR count). The minimum Gasteiger partial charge on any atom is -0.459 e. The molecule has 28 heavy (non-hydrogen) atoms. The number of carbonyl (C=O) groups is 2. The molecule has 2 aromatic heterocycles. The highest BCUT2D eigenvalue weighted by molar-refractivity contribution is 7.09. The summed E-state index contributed by atoms with van der Waals surface area (Å²) in [5.41, 5.74) is 0. The summed E-state index contributed by atoms with van der Waals surface area (Å²) in [6, 6.07) is 7.67. The van der Waals surface area contributed by atoms with E-state index in [0.717, 1.165) is 45.8 Å². The van der Waals surface area contributed by atoms with E-state index >= 15 is 0 Å². The van der Waals surface area contributed by atoms with Gasteiger partial charge in [0.05, 0.1) is 12.8 Å². The topological polar surface area (TPSA) is 60.2 Å². The molecule has 0 aliphatic carbocycles. The minimum absolute atomic E-state index is 0.0714. The van der Waals surface area contributed by atoms with Crippen LogP contribution in [-0.2, 0) is 11.3 Å². The number of amides is 2. The standard InChI is InChI=1S/C20H26N4O3S/c25-19(23-9-5-21(6-10-23)15-17-3-2-14-28-17)16-22-7-11-24(12-8-22)20(26)18-4-1-13-27-18/h1-4,13-14H,5-12,15-16H2. The maximum absolute atomic E-state index is 12.7. The van der Waals surface area contributed by atoms with Crippen molar-refractivity contribution in [2.45, 2.75) is 6.54 Å². The average Bonchev–Trinajstić information content (AvgIpc) is 3.43. The SMILES string of the molecule is O=C(CN1CCN(C(=O)c2ccco2)CC1)N1CCN(Cc2cccs2)CC1. The van der Waals surface area contributed by atoms with Gasteiger partial charge in [0.15, 0.2) is 5.76 Å². The monoisotopic (exact) mass is 402 g/mol. The smallest absolute Gasteiger partial charge is 0.289 e. The average molecular weight is 403 g/mol. The molecule has 0 bridgehead atoms. The highest BCUT2D eigenvalue weighted by Crippen LogP contribution is 2.14. The van der Waals surface area contributed by atoms with E-state index in [0.29, 0.717) is 25.4 Å². The van der Waals surface area contributed by atoms with Crippen LogP contribution in [0.2, 0.25) is 0 Å². The van der Waals surface area contributed by atoms with Crippen LogP contribution in [0.1, 0.15) is 15.4 Å². The van der Waals surface area contributed by atoms with Crippen molar-refractivity contribution in [1.29, 1.82) is 0 Å². The van der Waals surface area contributed by atoms with E-state index in [1.807, 2.05) is 4.90 Å². The summed E-state index contributed by atoms with van der Waals surface area (Å²) < 4.78 is 5.19. The first-order valence-electron chi connectivity index (χ1n) is 9.77. The second-order valence-corrected chi connectivity index (χ2v) is 8.31. The third kappa shape index (κ3) is 4.63. The maximum atomic E-state index is 12.7. The summed E-state index contributed by atoms with van der Waals surface area (Å²) in [5.74, 6) is 0.504. The number of nitrogens with zero attached hydrogens (tertiary/aromatic N) is 4. The number of rotatable bonds is 5. The Balaban J connectivity index is 1.18. The zero-order valence-electron chi connectivity index (χ0n) is 16.0. The van der Waals surface area contributed by atoms with Gasteiger partial charge in [0.2, 0.25) is 5.91 Å². The van der Waals surface area contributed by atoms with E-state index in [-0.39, 0.29) is 11.8 Å². The summed E-state index contributed by atoms with van der Waals surface area (Å²) in [6.07, 6.45) is 1.52. The van der Waals surface area contributed by atoms with Crippen LogP contribution in [0.4, 0.5) is 0 Å². The van der Waals surface area contributed by atoms with Crippen LogP contribution in [0.5, 0.6) is 0 Å². The molecule has 0 spiro atoms. The largest absolute Gasteiger partial charge is 0.459 e. The molecule has 7 nitrogen and oxygen atoms in total. The summed E-state index contributed by atoms with van der Waals surface area (Å²) in [6.45, 7) is 7.54. The van der Waals surface area contributed by atoms with Crippen LogP contribution >= 0.6 is 11.3 Å². The third-order valence-electron chi connectivity index (χ3n) is 5.43. The number of carbonyl (C=O) groups excluding carboxylic acids is 2. The fourth-order valence-electron chi connectivity index (χ4n) is 3.73. The van der Waals surface area contributed by atoms with E-state index in [1.165, 1.54) is 11.1 Å². The molecular formula is C20H26N4O3S. The van der Waals surface area contributed by atoms with Crippen LogP contribution in [0.25, 0.3) is 0 Å². The van der Waals surface area contributed by atoms with Crippen molar-refractivity contribution < 1.29 is 14.0 Å². The van der Waals surface area contributed by atoms with Crippen LogP contribution in [-0.4, -0.2) is 90.3 Å². The van der Waals surface area contributed by atoms with Crippen molar-refractivity contribution >= 4 is 23.2 Å². The molecule has 2 saturated heterocycles. The number of hydrogen-bond acceptors (Lipinski definition) is 6. The van der Waals surface area contributed by atoms with Gasteiger partial charge in [0, 0.05) is 63.8 Å². The predicted molar refractivity (Wildman–Crippen MR) is 107 cm³/mol. The number of thiophene rings is 1. The fourth-order valence-corrected chi connectivity index (χ4v) is 4.48. The van der Waals surface area contributed by atoms with Crippen molar-refractivity contribution in [3.8, 4) is 0 Å². The molecule has 0 radical (unpaired) electrons. The zero-order valence-corrected chi connectivity index (χ0v) is 16.8. The maximum Gasteiger partial charge on any atom is 0.289 e. The van der Waals surface area contributed by atoms with Crippen LogP contribution in [0.3, 0.4) is 0 Å². The molecule has 0 aromatic carbocycles. The molecule has 2 aromatic rings. The number of piperazine rings is 2. The van der Waals surface area contributed by atoms with E-state index in [1.54, 1.807) is 28.4 Å². The second kappa shape index (κ2) is 8.89. The van der Waals surface area contributed by atoms with E-state index in [2.05, 4.69) is 27.3 Å². The number of furan rings is 1. The van der Waals surface area contributed by atoms with Gasteiger partial charge in [0.1, 0.15) is 0 Å². The van der Waals surface area contributed by atoms with E-state index in [9.17, 15) is 9.59 Å². The quantitative estimate of drug-likeness (QED) is 0.758. The van der Waals surface area contributed by atoms with Crippen LogP contribution < -0.4 is 0 Å². The molecule has 2 amide bonds. The number of hydrogen-bond donors (Lipinski definition) is 0. The van der Waals surface area contributed by atoms with Gasteiger partial charge < -0.3 is 14.2 Å². The van der Waals surface area contributed by atoms with Gasteiger partial charge in [-0.1, -0.05) is 6.07 Å². The molecule has 2 fully saturated rings. The Morgan fingerprint density at radius 2 is 1.61 bits per heavy atom. The first-order valence-corrected chi connectivity index (χ1v) is 10.6. The molecule has 2 aliphatic rings. The molecular weight excluding hydrogens is 376 g/mol. The van der Waals surface area contributed by atoms with Crippen LogP contribution in [0.15, 0.2) is 40.3 Å². The Hall–Kier alpha value is -2.16. The summed E-state index contributed by atoms with van der Waals surface area (Å²) in [7, 11) is 0. The van der Waals surface area contributed by atoms with Gasteiger partial charge >= 0.3 is 0 Å². The molecule has 0 unspecified atom stereocenters. The van der Waals surface area contributed by atoms with Gasteiger partial charge in [-0.2, -0.15) is 0 Å². The first kappa shape index (κ1) is 19.2. The molecule has 150 valence electrons. The van der Waals surface area contributed by atoms with Gasteiger partial charge in [-0.05, 0) is 23.6 Å². The minimum atomic E-state index is -0.0714. The Kier molecular flexibility index (Phi) is 6.09. The zero-order chi connectivity index (χ0) is 19.3. The first-order chi connectivity index (χ1) is 13.7. The van der Waals surface area contributed by atoms with Gasteiger partial charge in [-0.25, -0.2) is 0 Å². The molecule has 4 heterocycles. The molecule has 2 aliphatic heterocycles. The Morgan fingerprint density at radius 3 is 2.25 bits per heavy atom. The van der Waals surface area contributed by atoms with Crippen molar-refractivity contribution in [3.05, 3.63) is 46.5 Å². The highest BCUT2D eigenvalue weighted by Gasteiger charge is 2.27. The molecule has 0 saturated carbocycles. The van der Waals surface area contributed by atoms with Gasteiger partial charge in [-0.15, -0.1) is 11.3 Å².